The van der Waals surface area contributed by atoms with Crippen molar-refractivity contribution < 1.29 is 4.74 Å². The van der Waals surface area contributed by atoms with Crippen molar-refractivity contribution in [2.45, 2.75) is 13.0 Å². The van der Waals surface area contributed by atoms with Gasteiger partial charge in [-0.25, -0.2) is 0 Å². The minimum absolute atomic E-state index is 0.281. The molecule has 0 aliphatic heterocycles. The highest BCUT2D eigenvalue weighted by atomic mass is 35.5. The number of benzene rings is 1. The summed E-state index contributed by atoms with van der Waals surface area (Å²) >= 11 is 5.99. The van der Waals surface area contributed by atoms with E-state index >= 15 is 0 Å². The molecule has 18 heavy (non-hydrogen) atoms. The van der Waals surface area contributed by atoms with Crippen LogP contribution in [0.1, 0.15) is 23.0 Å². The Hall–Kier alpha value is -1.58. The first-order chi connectivity index (χ1) is 8.61. The van der Waals surface area contributed by atoms with Crippen molar-refractivity contribution in [3.63, 3.8) is 0 Å². The second-order valence-electron chi connectivity index (χ2n) is 4.08. The van der Waals surface area contributed by atoms with Crippen LogP contribution in [0, 0.1) is 6.92 Å². The van der Waals surface area contributed by atoms with Gasteiger partial charge in [-0.3, -0.25) is 4.98 Å². The number of aromatic nitrogens is 1. The summed E-state index contributed by atoms with van der Waals surface area (Å²) in [5, 5.41) is 0.575. The molecule has 2 N–H and O–H groups in total. The quantitative estimate of drug-likeness (QED) is 0.925. The first-order valence-electron chi connectivity index (χ1n) is 5.64. The molecule has 0 radical (unpaired) electrons. The zero-order valence-electron chi connectivity index (χ0n) is 10.4. The number of hydrogen-bond acceptors (Lipinski definition) is 3. The third kappa shape index (κ3) is 2.63. The number of halogens is 1. The monoisotopic (exact) mass is 262 g/mol. The minimum atomic E-state index is -0.281. The average Bonchev–Trinajstić information content (AvgIpc) is 2.38. The van der Waals surface area contributed by atoms with Gasteiger partial charge >= 0.3 is 0 Å². The van der Waals surface area contributed by atoms with Crippen molar-refractivity contribution in [2.75, 3.05) is 7.11 Å². The summed E-state index contributed by atoms with van der Waals surface area (Å²) in [7, 11) is 1.58. The van der Waals surface area contributed by atoms with E-state index in [0.29, 0.717) is 10.8 Å². The van der Waals surface area contributed by atoms with Gasteiger partial charge in [0.15, 0.2) is 0 Å². The van der Waals surface area contributed by atoms with Gasteiger partial charge < -0.3 is 10.5 Å². The molecule has 0 saturated heterocycles. The molecule has 1 aromatic heterocycles. The summed E-state index contributed by atoms with van der Waals surface area (Å²) in [6.45, 7) is 1.94. The summed E-state index contributed by atoms with van der Waals surface area (Å²) in [5.41, 5.74) is 8.90. The Balaban J connectivity index is 2.36. The molecule has 94 valence electrons. The van der Waals surface area contributed by atoms with E-state index < -0.39 is 0 Å². The van der Waals surface area contributed by atoms with Gasteiger partial charge in [0.05, 0.1) is 23.9 Å². The van der Waals surface area contributed by atoms with Crippen LogP contribution in [0.3, 0.4) is 0 Å². The Bertz CT molecular complexity index is 557. The van der Waals surface area contributed by atoms with E-state index in [1.807, 2.05) is 37.3 Å². The van der Waals surface area contributed by atoms with E-state index in [9.17, 15) is 0 Å². The summed E-state index contributed by atoms with van der Waals surface area (Å²) in [4.78, 5) is 4.43. The fourth-order valence-corrected chi connectivity index (χ4v) is 1.97. The highest BCUT2D eigenvalue weighted by Gasteiger charge is 2.12. The lowest BCUT2D eigenvalue weighted by molar-refractivity contribution is 0.414. The third-order valence-corrected chi connectivity index (χ3v) is 3.08. The van der Waals surface area contributed by atoms with E-state index in [2.05, 4.69) is 4.98 Å². The Morgan fingerprint density at radius 1 is 1.28 bits per heavy atom. The van der Waals surface area contributed by atoms with Crippen LogP contribution in [0.2, 0.25) is 5.02 Å². The van der Waals surface area contributed by atoms with Crippen molar-refractivity contribution in [1.82, 2.24) is 4.98 Å². The standard InChI is InChI=1S/C14H15ClN2O/c1-9-4-3-5-12(17-9)14(16)10-6-7-11(15)13(8-10)18-2/h3-8,14H,16H2,1-2H3. The molecule has 3 nitrogen and oxygen atoms in total. The maximum absolute atomic E-state index is 6.20. The van der Waals surface area contributed by atoms with Gasteiger partial charge in [-0.05, 0) is 36.8 Å². The predicted molar refractivity (Wildman–Crippen MR) is 73.0 cm³/mol. The minimum Gasteiger partial charge on any atom is -0.495 e. The smallest absolute Gasteiger partial charge is 0.137 e. The maximum Gasteiger partial charge on any atom is 0.137 e. The lowest BCUT2D eigenvalue weighted by Crippen LogP contribution is -2.14. The lowest BCUT2D eigenvalue weighted by atomic mass is 10.0. The van der Waals surface area contributed by atoms with Gasteiger partial charge in [0.25, 0.3) is 0 Å². The first kappa shape index (κ1) is 12.9. The highest BCUT2D eigenvalue weighted by molar-refractivity contribution is 6.32. The number of hydrogen-bond donors (Lipinski definition) is 1. The van der Waals surface area contributed by atoms with E-state index in [1.54, 1.807) is 13.2 Å². The second-order valence-corrected chi connectivity index (χ2v) is 4.48. The normalized spacial score (nSPS) is 12.2. The number of ether oxygens (including phenoxy) is 1. The van der Waals surface area contributed by atoms with Gasteiger partial charge in [-0.15, -0.1) is 0 Å². The zero-order valence-corrected chi connectivity index (χ0v) is 11.1. The molecule has 1 aromatic carbocycles. The van der Waals surface area contributed by atoms with E-state index in [-0.39, 0.29) is 6.04 Å². The molecule has 1 unspecified atom stereocenters. The summed E-state index contributed by atoms with van der Waals surface area (Å²) < 4.78 is 5.19. The SMILES string of the molecule is COc1cc(C(N)c2cccc(C)n2)ccc1Cl. The number of rotatable bonds is 3. The second kappa shape index (κ2) is 5.38. The van der Waals surface area contributed by atoms with E-state index in [0.717, 1.165) is 17.0 Å². The van der Waals surface area contributed by atoms with E-state index in [1.165, 1.54) is 0 Å². The molecule has 2 rings (SSSR count). The van der Waals surface area contributed by atoms with Crippen molar-refractivity contribution in [2.24, 2.45) is 5.73 Å². The van der Waals surface area contributed by atoms with Crippen molar-refractivity contribution >= 4 is 11.6 Å². The molecular formula is C14H15ClN2O. The Labute approximate surface area is 112 Å². The number of aryl methyl sites for hydroxylation is 1. The zero-order chi connectivity index (χ0) is 13.1. The van der Waals surface area contributed by atoms with Crippen LogP contribution in [0.25, 0.3) is 0 Å². The molecule has 1 atom stereocenters. The van der Waals surface area contributed by atoms with Crippen molar-refractivity contribution in [1.29, 1.82) is 0 Å². The largest absolute Gasteiger partial charge is 0.495 e. The fraction of sp³-hybridized carbons (Fsp3) is 0.214. The Morgan fingerprint density at radius 3 is 2.72 bits per heavy atom. The maximum atomic E-state index is 6.20. The Kier molecular flexibility index (Phi) is 3.84. The van der Waals surface area contributed by atoms with Gasteiger partial charge in [0, 0.05) is 5.69 Å². The van der Waals surface area contributed by atoms with Crippen LogP contribution < -0.4 is 10.5 Å². The van der Waals surface area contributed by atoms with E-state index in [4.69, 9.17) is 22.1 Å². The molecule has 0 aliphatic carbocycles. The molecule has 1 heterocycles. The number of methoxy groups -OCH3 is 1. The van der Waals surface area contributed by atoms with Crippen LogP contribution in [-0.4, -0.2) is 12.1 Å². The fourth-order valence-electron chi connectivity index (χ4n) is 1.78. The van der Waals surface area contributed by atoms with Crippen molar-refractivity contribution in [3.05, 3.63) is 58.4 Å². The molecule has 0 bridgehead atoms. The molecule has 0 spiro atoms. The molecule has 0 fully saturated rings. The molecular weight excluding hydrogens is 248 g/mol. The summed E-state index contributed by atoms with van der Waals surface area (Å²) in [6, 6.07) is 11.0. The molecule has 0 saturated carbocycles. The summed E-state index contributed by atoms with van der Waals surface area (Å²) in [6.07, 6.45) is 0. The lowest BCUT2D eigenvalue weighted by Gasteiger charge is -2.14. The van der Waals surface area contributed by atoms with Crippen LogP contribution in [-0.2, 0) is 0 Å². The van der Waals surface area contributed by atoms with Crippen LogP contribution in [0.15, 0.2) is 36.4 Å². The van der Waals surface area contributed by atoms with Gasteiger partial charge in [-0.2, -0.15) is 0 Å². The summed E-state index contributed by atoms with van der Waals surface area (Å²) in [5.74, 6) is 0.622. The third-order valence-electron chi connectivity index (χ3n) is 2.76. The van der Waals surface area contributed by atoms with Crippen molar-refractivity contribution in [3.8, 4) is 5.75 Å². The van der Waals surface area contributed by atoms with Crippen LogP contribution in [0.4, 0.5) is 0 Å². The number of nitrogens with two attached hydrogens (primary N) is 1. The van der Waals surface area contributed by atoms with Gasteiger partial charge in [0.1, 0.15) is 5.75 Å². The molecule has 0 amide bonds. The van der Waals surface area contributed by atoms with Gasteiger partial charge in [-0.1, -0.05) is 23.7 Å². The Morgan fingerprint density at radius 2 is 2.06 bits per heavy atom. The average molecular weight is 263 g/mol. The highest BCUT2D eigenvalue weighted by Crippen LogP contribution is 2.28. The topological polar surface area (TPSA) is 48.1 Å². The van der Waals surface area contributed by atoms with Gasteiger partial charge in [0.2, 0.25) is 0 Å². The number of pyridine rings is 1. The van der Waals surface area contributed by atoms with Crippen LogP contribution >= 0.6 is 11.6 Å². The number of nitrogens with zero attached hydrogens (tertiary/aromatic N) is 1. The first-order valence-corrected chi connectivity index (χ1v) is 6.02. The predicted octanol–water partition coefficient (Wildman–Crippen LogP) is 3.10. The molecule has 0 aliphatic rings. The molecule has 4 heteroatoms. The molecule has 2 aromatic rings. The van der Waals surface area contributed by atoms with Crippen LogP contribution in [0.5, 0.6) is 5.75 Å².